The van der Waals surface area contributed by atoms with Crippen molar-refractivity contribution in [2.45, 2.75) is 46.2 Å². The molecule has 0 saturated carbocycles. The first-order valence-corrected chi connectivity index (χ1v) is 5.93. The molecule has 1 amide bonds. The van der Waals surface area contributed by atoms with E-state index in [1.54, 1.807) is 0 Å². The van der Waals surface area contributed by atoms with Crippen LogP contribution in [-0.2, 0) is 14.3 Å². The summed E-state index contributed by atoms with van der Waals surface area (Å²) in [7, 11) is 1.30. The number of nitrogens with two attached hydrogens (primary N) is 1. The van der Waals surface area contributed by atoms with Gasteiger partial charge in [-0.25, -0.2) is 4.79 Å². The zero-order valence-electron chi connectivity index (χ0n) is 11.3. The number of hydrogen-bond donors (Lipinski definition) is 2. The highest BCUT2D eigenvalue weighted by molar-refractivity contribution is 5.87. The SMILES string of the molecule is COC(=O)C(NC(=O)C(N)CC(C)C)C(C)C. The van der Waals surface area contributed by atoms with Crippen LogP contribution in [0.3, 0.4) is 0 Å². The normalized spacial score (nSPS) is 14.6. The van der Waals surface area contributed by atoms with Gasteiger partial charge in [-0.05, 0) is 18.3 Å². The molecule has 0 spiro atoms. The number of nitrogens with one attached hydrogen (secondary N) is 1. The lowest BCUT2D eigenvalue weighted by Gasteiger charge is -2.22. The zero-order valence-corrected chi connectivity index (χ0v) is 11.3. The van der Waals surface area contributed by atoms with Crippen molar-refractivity contribution in [3.63, 3.8) is 0 Å². The third-order valence-corrected chi connectivity index (χ3v) is 2.48. The minimum Gasteiger partial charge on any atom is -0.467 e. The van der Waals surface area contributed by atoms with Crippen LogP contribution in [0, 0.1) is 11.8 Å². The molecule has 0 aliphatic heterocycles. The number of ether oxygens (including phenoxy) is 1. The molecular weight excluding hydrogens is 220 g/mol. The molecule has 0 aliphatic rings. The molecule has 5 nitrogen and oxygen atoms in total. The summed E-state index contributed by atoms with van der Waals surface area (Å²) >= 11 is 0. The highest BCUT2D eigenvalue weighted by Gasteiger charge is 2.27. The molecule has 17 heavy (non-hydrogen) atoms. The van der Waals surface area contributed by atoms with Gasteiger partial charge < -0.3 is 15.8 Å². The maximum atomic E-state index is 11.8. The van der Waals surface area contributed by atoms with Gasteiger partial charge in [0.15, 0.2) is 0 Å². The largest absolute Gasteiger partial charge is 0.467 e. The van der Waals surface area contributed by atoms with Crippen molar-refractivity contribution in [3.05, 3.63) is 0 Å². The van der Waals surface area contributed by atoms with Gasteiger partial charge in [0.2, 0.25) is 5.91 Å². The second kappa shape index (κ2) is 7.27. The minimum atomic E-state index is -0.634. The Morgan fingerprint density at radius 3 is 2.12 bits per heavy atom. The average molecular weight is 244 g/mol. The Morgan fingerprint density at radius 2 is 1.76 bits per heavy atom. The van der Waals surface area contributed by atoms with Crippen molar-refractivity contribution < 1.29 is 14.3 Å². The molecule has 0 fully saturated rings. The number of carbonyl (C=O) groups is 2. The summed E-state index contributed by atoms with van der Waals surface area (Å²) in [5, 5.41) is 2.63. The Kier molecular flexibility index (Phi) is 6.80. The molecule has 0 aromatic heterocycles. The van der Waals surface area contributed by atoms with Crippen LogP contribution >= 0.6 is 0 Å². The molecule has 0 aliphatic carbocycles. The number of hydrogen-bond acceptors (Lipinski definition) is 4. The van der Waals surface area contributed by atoms with Gasteiger partial charge in [0, 0.05) is 0 Å². The van der Waals surface area contributed by atoms with Crippen molar-refractivity contribution in [1.29, 1.82) is 0 Å². The fourth-order valence-corrected chi connectivity index (χ4v) is 1.50. The van der Waals surface area contributed by atoms with Crippen molar-refractivity contribution in [1.82, 2.24) is 5.32 Å². The zero-order chi connectivity index (χ0) is 13.6. The molecule has 100 valence electrons. The van der Waals surface area contributed by atoms with Gasteiger partial charge in [-0.3, -0.25) is 4.79 Å². The summed E-state index contributed by atoms with van der Waals surface area (Å²) in [5.41, 5.74) is 5.74. The molecule has 0 radical (unpaired) electrons. The second-order valence-corrected chi connectivity index (χ2v) is 4.99. The van der Waals surface area contributed by atoms with E-state index in [0.29, 0.717) is 12.3 Å². The van der Waals surface area contributed by atoms with Crippen molar-refractivity contribution in [2.24, 2.45) is 17.6 Å². The first-order chi connectivity index (χ1) is 7.79. The van der Waals surface area contributed by atoms with Crippen LogP contribution in [0.4, 0.5) is 0 Å². The van der Waals surface area contributed by atoms with Crippen LogP contribution in [0.2, 0.25) is 0 Å². The fourth-order valence-electron chi connectivity index (χ4n) is 1.50. The van der Waals surface area contributed by atoms with E-state index < -0.39 is 18.1 Å². The maximum absolute atomic E-state index is 11.8. The molecule has 3 N–H and O–H groups in total. The van der Waals surface area contributed by atoms with E-state index >= 15 is 0 Å². The lowest BCUT2D eigenvalue weighted by Crippen LogP contribution is -2.51. The lowest BCUT2D eigenvalue weighted by atomic mass is 10.0. The molecule has 0 heterocycles. The molecule has 0 aromatic carbocycles. The van der Waals surface area contributed by atoms with E-state index in [4.69, 9.17) is 5.73 Å². The number of methoxy groups -OCH3 is 1. The van der Waals surface area contributed by atoms with Gasteiger partial charge in [-0.1, -0.05) is 27.7 Å². The Bertz CT molecular complexity index is 264. The van der Waals surface area contributed by atoms with Gasteiger partial charge in [0.05, 0.1) is 13.2 Å². The summed E-state index contributed by atoms with van der Waals surface area (Å²) in [6.45, 7) is 7.67. The number of rotatable bonds is 6. The van der Waals surface area contributed by atoms with Gasteiger partial charge in [-0.2, -0.15) is 0 Å². The highest BCUT2D eigenvalue weighted by Crippen LogP contribution is 2.06. The van der Waals surface area contributed by atoms with Gasteiger partial charge in [0.1, 0.15) is 6.04 Å². The summed E-state index contributed by atoms with van der Waals surface area (Å²) in [5.74, 6) is -0.433. The van der Waals surface area contributed by atoms with Crippen LogP contribution in [0.1, 0.15) is 34.1 Å². The number of carbonyl (C=O) groups excluding carboxylic acids is 2. The first-order valence-electron chi connectivity index (χ1n) is 5.93. The molecule has 2 atom stereocenters. The van der Waals surface area contributed by atoms with E-state index in [2.05, 4.69) is 10.1 Å². The van der Waals surface area contributed by atoms with E-state index in [-0.39, 0.29) is 11.8 Å². The Hall–Kier alpha value is -1.10. The molecule has 5 heteroatoms. The van der Waals surface area contributed by atoms with Gasteiger partial charge in [0.25, 0.3) is 0 Å². The summed E-state index contributed by atoms with van der Waals surface area (Å²) in [6.07, 6.45) is 0.595. The lowest BCUT2D eigenvalue weighted by molar-refractivity contribution is -0.146. The van der Waals surface area contributed by atoms with Crippen LogP contribution in [0.5, 0.6) is 0 Å². The monoisotopic (exact) mass is 244 g/mol. The average Bonchev–Trinajstić information content (AvgIpc) is 2.22. The maximum Gasteiger partial charge on any atom is 0.328 e. The third-order valence-electron chi connectivity index (χ3n) is 2.48. The van der Waals surface area contributed by atoms with Crippen LogP contribution in [-0.4, -0.2) is 31.1 Å². The first kappa shape index (κ1) is 15.9. The molecule has 2 unspecified atom stereocenters. The van der Waals surface area contributed by atoms with Gasteiger partial charge in [-0.15, -0.1) is 0 Å². The van der Waals surface area contributed by atoms with Crippen molar-refractivity contribution in [3.8, 4) is 0 Å². The Balaban J connectivity index is 4.45. The highest BCUT2D eigenvalue weighted by atomic mass is 16.5. The van der Waals surface area contributed by atoms with E-state index in [1.165, 1.54) is 7.11 Å². The molecule has 0 aromatic rings. The topological polar surface area (TPSA) is 81.4 Å². The van der Waals surface area contributed by atoms with Gasteiger partial charge >= 0.3 is 5.97 Å². The van der Waals surface area contributed by atoms with E-state index in [1.807, 2.05) is 27.7 Å². The molecule has 0 saturated heterocycles. The number of amides is 1. The predicted molar refractivity (Wildman–Crippen MR) is 66.2 cm³/mol. The Labute approximate surface area is 103 Å². The van der Waals surface area contributed by atoms with Crippen molar-refractivity contribution in [2.75, 3.05) is 7.11 Å². The smallest absolute Gasteiger partial charge is 0.328 e. The van der Waals surface area contributed by atoms with E-state index in [0.717, 1.165) is 0 Å². The fraction of sp³-hybridized carbons (Fsp3) is 0.833. The summed E-state index contributed by atoms with van der Waals surface area (Å²) in [6, 6.07) is -1.22. The van der Waals surface area contributed by atoms with Crippen molar-refractivity contribution >= 4 is 11.9 Å². The minimum absolute atomic E-state index is 0.0300. The predicted octanol–water partition coefficient (Wildman–Crippen LogP) is 0.674. The van der Waals surface area contributed by atoms with E-state index in [9.17, 15) is 9.59 Å². The standard InChI is InChI=1S/C12H24N2O3/c1-7(2)6-9(13)11(15)14-10(8(3)4)12(16)17-5/h7-10H,6,13H2,1-5H3,(H,14,15). The Morgan fingerprint density at radius 1 is 1.24 bits per heavy atom. The summed E-state index contributed by atoms with van der Waals surface area (Å²) in [4.78, 5) is 23.2. The summed E-state index contributed by atoms with van der Waals surface area (Å²) < 4.78 is 4.64. The van der Waals surface area contributed by atoms with Crippen LogP contribution in [0.15, 0.2) is 0 Å². The molecule has 0 rings (SSSR count). The van der Waals surface area contributed by atoms with Crippen LogP contribution in [0.25, 0.3) is 0 Å². The molecule has 0 bridgehead atoms. The molecular formula is C12H24N2O3. The number of esters is 1. The second-order valence-electron chi connectivity index (χ2n) is 4.99. The van der Waals surface area contributed by atoms with Crippen LogP contribution < -0.4 is 11.1 Å². The quantitative estimate of drug-likeness (QED) is 0.673. The third kappa shape index (κ3) is 5.68.